The van der Waals surface area contributed by atoms with E-state index in [1.807, 2.05) is 29.3 Å². The summed E-state index contributed by atoms with van der Waals surface area (Å²) in [5.41, 5.74) is 2.89. The molecule has 2 aromatic rings. The highest BCUT2D eigenvalue weighted by molar-refractivity contribution is 7.98. The zero-order valence-corrected chi connectivity index (χ0v) is 14.4. The lowest BCUT2D eigenvalue weighted by Crippen LogP contribution is -2.21. The number of nitrogens with zero attached hydrogens (tertiary/aromatic N) is 2. The molecular weight excluding hydrogens is 298 g/mol. The lowest BCUT2D eigenvalue weighted by Gasteiger charge is -2.16. The quantitative estimate of drug-likeness (QED) is 0.882. The van der Waals surface area contributed by atoms with Crippen LogP contribution in [0, 0.1) is 0 Å². The lowest BCUT2D eigenvalue weighted by atomic mass is 10.1. The Morgan fingerprint density at radius 1 is 1.48 bits per heavy atom. The fourth-order valence-electron chi connectivity index (χ4n) is 2.87. The summed E-state index contributed by atoms with van der Waals surface area (Å²) in [6.45, 7) is 3.22. The molecule has 0 amide bonds. The van der Waals surface area contributed by atoms with Gasteiger partial charge in [-0.25, -0.2) is 0 Å². The molecule has 1 unspecified atom stereocenters. The highest BCUT2D eigenvalue weighted by Gasteiger charge is 2.19. The van der Waals surface area contributed by atoms with Gasteiger partial charge in [0.25, 0.3) is 0 Å². The van der Waals surface area contributed by atoms with E-state index >= 15 is 0 Å². The number of hydrogen-bond acceptors (Lipinski definition) is 4. The van der Waals surface area contributed by atoms with E-state index in [-0.39, 0.29) is 0 Å². The zero-order valence-electron chi connectivity index (χ0n) is 12.8. The van der Waals surface area contributed by atoms with Gasteiger partial charge in [-0.05, 0) is 49.3 Å². The predicted octanol–water partition coefficient (Wildman–Crippen LogP) is 3.55. The predicted molar refractivity (Wildman–Crippen MR) is 92.1 cm³/mol. The smallest absolute Gasteiger partial charge is 0.0492 e. The van der Waals surface area contributed by atoms with Gasteiger partial charge in [0, 0.05) is 40.5 Å². The van der Waals surface area contributed by atoms with Gasteiger partial charge in [-0.3, -0.25) is 4.68 Å². The van der Waals surface area contributed by atoms with Crippen molar-refractivity contribution in [3.05, 3.63) is 39.3 Å². The molecule has 21 heavy (non-hydrogen) atoms. The maximum Gasteiger partial charge on any atom is 0.0492 e. The number of thiophene rings is 1. The first kappa shape index (κ1) is 15.1. The minimum absolute atomic E-state index is 0.477. The minimum atomic E-state index is 0.477. The standard InChI is InChI=1S/C16H23N3S2/c1-3-17-14(5-4-13-6-8-18-19(13)2)16-10-12-11-20-9-7-15(12)21-16/h6,8,10,14,17H,3-5,7,9,11H2,1-2H3. The summed E-state index contributed by atoms with van der Waals surface area (Å²) in [7, 11) is 2.03. The number of aryl methyl sites for hydroxylation is 3. The highest BCUT2D eigenvalue weighted by atomic mass is 32.2. The van der Waals surface area contributed by atoms with Gasteiger partial charge in [0.2, 0.25) is 0 Å². The van der Waals surface area contributed by atoms with Crippen LogP contribution < -0.4 is 5.32 Å². The topological polar surface area (TPSA) is 29.9 Å². The van der Waals surface area contributed by atoms with Crippen LogP contribution in [-0.4, -0.2) is 22.1 Å². The molecule has 1 aliphatic heterocycles. The molecule has 0 fully saturated rings. The summed E-state index contributed by atoms with van der Waals surface area (Å²) < 4.78 is 1.99. The van der Waals surface area contributed by atoms with Gasteiger partial charge >= 0.3 is 0 Å². The number of nitrogens with one attached hydrogen (secondary N) is 1. The first-order valence-corrected chi connectivity index (χ1v) is 9.64. The Balaban J connectivity index is 1.71. The van der Waals surface area contributed by atoms with Crippen molar-refractivity contribution in [2.75, 3.05) is 12.3 Å². The van der Waals surface area contributed by atoms with Crippen LogP contribution >= 0.6 is 23.1 Å². The summed E-state index contributed by atoms with van der Waals surface area (Å²) in [5.74, 6) is 2.49. The molecular formula is C16H23N3S2. The van der Waals surface area contributed by atoms with Gasteiger partial charge < -0.3 is 5.32 Å². The molecule has 0 radical (unpaired) electrons. The van der Waals surface area contributed by atoms with Crippen molar-refractivity contribution < 1.29 is 0 Å². The molecule has 114 valence electrons. The summed E-state index contributed by atoms with van der Waals surface area (Å²) in [5, 5.41) is 7.93. The third kappa shape index (κ3) is 3.52. The second kappa shape index (κ2) is 6.99. The molecule has 1 atom stereocenters. The lowest BCUT2D eigenvalue weighted by molar-refractivity contribution is 0.513. The van der Waals surface area contributed by atoms with E-state index < -0.39 is 0 Å². The van der Waals surface area contributed by atoms with E-state index in [4.69, 9.17) is 0 Å². The fraction of sp³-hybridized carbons (Fsp3) is 0.562. The molecule has 2 aromatic heterocycles. The van der Waals surface area contributed by atoms with Crippen molar-refractivity contribution in [2.45, 2.75) is 38.0 Å². The third-order valence-corrected chi connectivity index (χ3v) is 6.41. The van der Waals surface area contributed by atoms with Crippen LogP contribution in [0.4, 0.5) is 0 Å². The van der Waals surface area contributed by atoms with E-state index in [1.54, 1.807) is 10.4 Å². The Bertz CT molecular complexity index is 565. The second-order valence-electron chi connectivity index (χ2n) is 5.49. The van der Waals surface area contributed by atoms with Crippen LogP contribution in [0.5, 0.6) is 0 Å². The monoisotopic (exact) mass is 321 g/mol. The van der Waals surface area contributed by atoms with Crippen LogP contribution in [0.2, 0.25) is 0 Å². The Hall–Kier alpha value is -0.780. The van der Waals surface area contributed by atoms with E-state index in [0.717, 1.165) is 19.4 Å². The molecule has 0 bridgehead atoms. The van der Waals surface area contributed by atoms with Crippen molar-refractivity contribution in [1.82, 2.24) is 15.1 Å². The van der Waals surface area contributed by atoms with Crippen molar-refractivity contribution in [3.8, 4) is 0 Å². The third-order valence-electron chi connectivity index (χ3n) is 4.05. The Morgan fingerprint density at radius 3 is 3.10 bits per heavy atom. The van der Waals surface area contributed by atoms with Crippen molar-refractivity contribution in [1.29, 1.82) is 0 Å². The molecule has 3 nitrogen and oxygen atoms in total. The number of fused-ring (bicyclic) bond motifs is 1. The van der Waals surface area contributed by atoms with Gasteiger partial charge in [-0.15, -0.1) is 11.3 Å². The number of hydrogen-bond donors (Lipinski definition) is 1. The van der Waals surface area contributed by atoms with Gasteiger partial charge in [0.05, 0.1) is 0 Å². The Kier molecular flexibility index (Phi) is 5.03. The molecule has 3 heterocycles. The number of rotatable bonds is 6. The van der Waals surface area contributed by atoms with Gasteiger partial charge in [0.15, 0.2) is 0 Å². The molecule has 0 saturated heterocycles. The van der Waals surface area contributed by atoms with Crippen molar-refractivity contribution in [2.24, 2.45) is 7.05 Å². The summed E-state index contributed by atoms with van der Waals surface area (Å²) in [6, 6.07) is 5.05. The van der Waals surface area contributed by atoms with Crippen LogP contribution in [0.25, 0.3) is 0 Å². The normalized spacial score (nSPS) is 15.9. The van der Waals surface area contributed by atoms with Crippen molar-refractivity contribution in [3.63, 3.8) is 0 Å². The summed E-state index contributed by atoms with van der Waals surface area (Å²) in [6.07, 6.45) is 5.36. The average Bonchev–Trinajstić information content (AvgIpc) is 3.09. The number of thioether (sulfide) groups is 1. The molecule has 0 aromatic carbocycles. The summed E-state index contributed by atoms with van der Waals surface area (Å²) in [4.78, 5) is 3.14. The fourth-order valence-corrected chi connectivity index (χ4v) is 5.36. The van der Waals surface area contributed by atoms with Crippen LogP contribution in [0.3, 0.4) is 0 Å². The summed E-state index contributed by atoms with van der Waals surface area (Å²) >= 11 is 4.09. The van der Waals surface area contributed by atoms with Gasteiger partial charge in [-0.2, -0.15) is 16.9 Å². The molecule has 3 rings (SSSR count). The molecule has 5 heteroatoms. The first-order chi connectivity index (χ1) is 10.3. The SMILES string of the molecule is CCNC(CCc1ccnn1C)c1cc2c(s1)CCSC2. The Labute approximate surface area is 135 Å². The molecule has 0 saturated carbocycles. The Morgan fingerprint density at radius 2 is 2.38 bits per heavy atom. The van der Waals surface area contributed by atoms with E-state index in [9.17, 15) is 0 Å². The van der Waals surface area contributed by atoms with Crippen LogP contribution in [0.15, 0.2) is 18.3 Å². The van der Waals surface area contributed by atoms with E-state index in [1.165, 1.54) is 28.5 Å². The highest BCUT2D eigenvalue weighted by Crippen LogP contribution is 2.35. The zero-order chi connectivity index (χ0) is 14.7. The van der Waals surface area contributed by atoms with Crippen molar-refractivity contribution >= 4 is 23.1 Å². The van der Waals surface area contributed by atoms with E-state index in [0.29, 0.717) is 6.04 Å². The van der Waals surface area contributed by atoms with Crippen LogP contribution in [0.1, 0.15) is 40.4 Å². The average molecular weight is 322 g/mol. The largest absolute Gasteiger partial charge is 0.310 e. The molecule has 0 spiro atoms. The molecule has 1 aliphatic rings. The van der Waals surface area contributed by atoms with Crippen LogP contribution in [-0.2, 0) is 25.6 Å². The maximum absolute atomic E-state index is 4.26. The minimum Gasteiger partial charge on any atom is -0.310 e. The van der Waals surface area contributed by atoms with Gasteiger partial charge in [-0.1, -0.05) is 6.92 Å². The van der Waals surface area contributed by atoms with E-state index in [2.05, 4.69) is 41.2 Å². The second-order valence-corrected chi connectivity index (χ2v) is 7.77. The molecule has 1 N–H and O–H groups in total. The maximum atomic E-state index is 4.26. The first-order valence-electron chi connectivity index (χ1n) is 7.67. The van der Waals surface area contributed by atoms with Gasteiger partial charge in [0.1, 0.15) is 0 Å². The number of aromatic nitrogens is 2. The molecule has 0 aliphatic carbocycles.